The molecule has 5 nitrogen and oxygen atoms in total. The SMILES string of the molecule is CC1(OC(=O)COc2ccc([S+](c3ccccc3)c3ccc(OC(=O)c4c(I)ccc(I)c4I)cc3)cc2)CCCC1. The van der Waals surface area contributed by atoms with Gasteiger partial charge in [-0.2, -0.15) is 0 Å². The van der Waals surface area contributed by atoms with Gasteiger partial charge in [0.25, 0.3) is 0 Å². The Morgan fingerprint density at radius 2 is 1.29 bits per heavy atom. The topological polar surface area (TPSA) is 61.8 Å². The molecule has 0 radical (unpaired) electrons. The van der Waals surface area contributed by atoms with Crippen LogP contribution in [-0.2, 0) is 20.4 Å². The van der Waals surface area contributed by atoms with Crippen molar-refractivity contribution in [2.45, 2.75) is 52.9 Å². The van der Waals surface area contributed by atoms with E-state index < -0.39 is 10.9 Å². The summed E-state index contributed by atoms with van der Waals surface area (Å²) in [6.45, 7) is 1.89. The van der Waals surface area contributed by atoms with Gasteiger partial charge in [-0.25, -0.2) is 9.59 Å². The van der Waals surface area contributed by atoms with Crippen LogP contribution in [0.25, 0.3) is 0 Å². The minimum absolute atomic E-state index is 0.111. The van der Waals surface area contributed by atoms with Crippen molar-refractivity contribution in [3.05, 3.63) is 107 Å². The first kappa shape index (κ1) is 31.6. The van der Waals surface area contributed by atoms with Gasteiger partial charge in [0, 0.05) is 10.7 Å². The largest absolute Gasteiger partial charge is 0.482 e. The van der Waals surface area contributed by atoms with Crippen molar-refractivity contribution in [3.8, 4) is 11.5 Å². The van der Waals surface area contributed by atoms with Crippen molar-refractivity contribution in [1.29, 1.82) is 0 Å². The van der Waals surface area contributed by atoms with Crippen molar-refractivity contribution in [1.82, 2.24) is 0 Å². The molecule has 0 saturated heterocycles. The van der Waals surface area contributed by atoms with Gasteiger partial charge in [-0.15, -0.1) is 0 Å². The number of hydrogen-bond acceptors (Lipinski definition) is 5. The molecule has 0 spiro atoms. The number of benzene rings is 4. The third-order valence-electron chi connectivity index (χ3n) is 6.93. The lowest BCUT2D eigenvalue weighted by molar-refractivity contribution is -0.159. The normalized spacial score (nSPS) is 14.7. The zero-order valence-electron chi connectivity index (χ0n) is 22.8. The van der Waals surface area contributed by atoms with Gasteiger partial charge in [-0.3, -0.25) is 0 Å². The Morgan fingerprint density at radius 3 is 1.90 bits per heavy atom. The predicted molar refractivity (Wildman–Crippen MR) is 190 cm³/mol. The van der Waals surface area contributed by atoms with E-state index in [2.05, 4.69) is 79.9 Å². The standard InChI is InChI=1S/C33H28I3O5S/c1-33(19-5-6-20-33)41-29(37)21-39-22-9-13-25(14-10-22)42(24-7-3-2-4-8-24)26-15-11-23(12-16-26)40-32(38)30-27(34)17-18-28(35)31(30)36/h2-4,7-18H,5-6,19-21H2,1H3/q+1. The fourth-order valence-corrected chi connectivity index (χ4v) is 9.21. The number of carbonyl (C=O) groups excluding carboxylic acids is 2. The van der Waals surface area contributed by atoms with Crippen LogP contribution in [0.2, 0.25) is 0 Å². The van der Waals surface area contributed by atoms with E-state index in [9.17, 15) is 9.59 Å². The molecule has 4 aromatic carbocycles. The zero-order chi connectivity index (χ0) is 29.7. The average molecular weight is 917 g/mol. The summed E-state index contributed by atoms with van der Waals surface area (Å²) in [5, 5.41) is 0. The molecule has 42 heavy (non-hydrogen) atoms. The quantitative estimate of drug-likeness (QED) is 0.0552. The molecule has 0 aliphatic heterocycles. The highest BCUT2D eigenvalue weighted by molar-refractivity contribution is 14.1. The summed E-state index contributed by atoms with van der Waals surface area (Å²) in [5.74, 6) is 0.410. The summed E-state index contributed by atoms with van der Waals surface area (Å²) in [7, 11) is -0.403. The molecule has 0 aromatic heterocycles. The lowest BCUT2D eigenvalue weighted by Crippen LogP contribution is -2.30. The fraction of sp³-hybridized carbons (Fsp3) is 0.212. The lowest BCUT2D eigenvalue weighted by Gasteiger charge is -2.23. The van der Waals surface area contributed by atoms with Gasteiger partial charge < -0.3 is 14.2 Å². The average Bonchev–Trinajstić information content (AvgIpc) is 3.42. The van der Waals surface area contributed by atoms with Gasteiger partial charge in [-0.1, -0.05) is 18.2 Å². The summed E-state index contributed by atoms with van der Waals surface area (Å²) < 4.78 is 20.0. The highest BCUT2D eigenvalue weighted by Gasteiger charge is 2.33. The highest BCUT2D eigenvalue weighted by atomic mass is 127. The van der Waals surface area contributed by atoms with Crippen LogP contribution in [0.5, 0.6) is 11.5 Å². The summed E-state index contributed by atoms with van der Waals surface area (Å²) in [4.78, 5) is 28.7. The molecule has 4 aromatic rings. The number of ether oxygens (including phenoxy) is 3. The molecule has 0 bridgehead atoms. The van der Waals surface area contributed by atoms with Crippen molar-refractivity contribution in [2.24, 2.45) is 0 Å². The number of hydrogen-bond donors (Lipinski definition) is 0. The van der Waals surface area contributed by atoms with E-state index in [-0.39, 0.29) is 24.1 Å². The Morgan fingerprint density at radius 1 is 0.738 bits per heavy atom. The van der Waals surface area contributed by atoms with Crippen molar-refractivity contribution >= 4 is 90.6 Å². The molecule has 0 N–H and O–H groups in total. The van der Waals surface area contributed by atoms with Crippen molar-refractivity contribution in [3.63, 3.8) is 0 Å². The van der Waals surface area contributed by atoms with Gasteiger partial charge in [0.2, 0.25) is 0 Å². The van der Waals surface area contributed by atoms with E-state index in [4.69, 9.17) is 14.2 Å². The Hall–Kier alpha value is -1.84. The fourth-order valence-electron chi connectivity index (χ4n) is 4.82. The molecular formula is C33H28I3O5S+. The highest BCUT2D eigenvalue weighted by Crippen LogP contribution is 2.34. The van der Waals surface area contributed by atoms with Crippen LogP contribution in [0.3, 0.4) is 0 Å². The van der Waals surface area contributed by atoms with E-state index in [1.807, 2.05) is 85.8 Å². The molecule has 1 unspecified atom stereocenters. The van der Waals surface area contributed by atoms with Crippen LogP contribution < -0.4 is 9.47 Å². The maximum atomic E-state index is 13.0. The van der Waals surface area contributed by atoms with Gasteiger partial charge in [0.15, 0.2) is 21.3 Å². The third kappa shape index (κ3) is 7.81. The first-order valence-corrected chi connectivity index (χ1v) is 17.9. The number of carbonyl (C=O) groups is 2. The second-order valence-corrected chi connectivity index (χ2v) is 15.5. The molecule has 1 saturated carbocycles. The maximum absolute atomic E-state index is 13.0. The monoisotopic (exact) mass is 917 g/mol. The zero-order valence-corrected chi connectivity index (χ0v) is 30.1. The van der Waals surface area contributed by atoms with Gasteiger partial charge in [-0.05, 0) is 173 Å². The second kappa shape index (κ2) is 14.3. The van der Waals surface area contributed by atoms with Crippen LogP contribution in [0.1, 0.15) is 43.0 Å². The third-order valence-corrected chi connectivity index (χ3v) is 13.1. The minimum Gasteiger partial charge on any atom is -0.482 e. The predicted octanol–water partition coefficient (Wildman–Crippen LogP) is 9.07. The molecule has 1 aliphatic rings. The first-order valence-electron chi connectivity index (χ1n) is 13.4. The van der Waals surface area contributed by atoms with Gasteiger partial charge in [0.1, 0.15) is 17.1 Å². The summed E-state index contributed by atoms with van der Waals surface area (Å²) in [6, 6.07) is 29.8. The Kier molecular flexibility index (Phi) is 10.7. The molecule has 5 rings (SSSR count). The smallest absolute Gasteiger partial charge is 0.345 e. The lowest BCUT2D eigenvalue weighted by atomic mass is 10.1. The maximum Gasteiger partial charge on any atom is 0.345 e. The van der Waals surface area contributed by atoms with Crippen LogP contribution in [0, 0.1) is 10.7 Å². The van der Waals surface area contributed by atoms with E-state index >= 15 is 0 Å². The second-order valence-electron chi connectivity index (χ2n) is 10.1. The molecule has 9 heteroatoms. The Labute approximate surface area is 289 Å². The van der Waals surface area contributed by atoms with Crippen molar-refractivity contribution < 1.29 is 23.8 Å². The van der Waals surface area contributed by atoms with Crippen LogP contribution >= 0.6 is 67.8 Å². The number of esters is 2. The molecule has 0 heterocycles. The first-order chi connectivity index (χ1) is 20.2. The van der Waals surface area contributed by atoms with Gasteiger partial charge in [0.05, 0.1) is 16.5 Å². The summed E-state index contributed by atoms with van der Waals surface area (Å²) in [5.41, 5.74) is 0.221. The number of rotatable bonds is 9. The van der Waals surface area contributed by atoms with E-state index in [1.165, 1.54) is 0 Å². The van der Waals surface area contributed by atoms with E-state index in [1.54, 1.807) is 0 Å². The molecule has 0 amide bonds. The van der Waals surface area contributed by atoms with Crippen LogP contribution in [-0.4, -0.2) is 24.1 Å². The summed E-state index contributed by atoms with van der Waals surface area (Å²) in [6.07, 6.45) is 4.00. The van der Waals surface area contributed by atoms with Crippen LogP contribution in [0.15, 0.2) is 106 Å². The van der Waals surface area contributed by atoms with Gasteiger partial charge >= 0.3 is 11.9 Å². The molecule has 1 fully saturated rings. The van der Waals surface area contributed by atoms with E-state index in [0.717, 1.165) is 51.1 Å². The van der Waals surface area contributed by atoms with E-state index in [0.29, 0.717) is 17.1 Å². The Bertz CT molecular complexity index is 1550. The summed E-state index contributed by atoms with van der Waals surface area (Å²) >= 11 is 6.59. The number of halogens is 3. The molecular weight excluding hydrogens is 889 g/mol. The molecule has 216 valence electrons. The molecule has 1 aliphatic carbocycles. The minimum atomic E-state index is -0.403. The molecule has 1 atom stereocenters. The Balaban J connectivity index is 1.30. The van der Waals surface area contributed by atoms with Crippen molar-refractivity contribution in [2.75, 3.05) is 6.61 Å². The van der Waals surface area contributed by atoms with Crippen LogP contribution in [0.4, 0.5) is 0 Å².